The average Bonchev–Trinajstić information content (AvgIpc) is 2.78. The van der Waals surface area contributed by atoms with Gasteiger partial charge < -0.3 is 0 Å². The third-order valence-corrected chi connectivity index (χ3v) is 3.73. The van der Waals surface area contributed by atoms with Gasteiger partial charge in [-0.05, 0) is 18.6 Å². The molecule has 0 atom stereocenters. The SMILES string of the molecule is Br.CCCc1cc(-c2nc(C(C)(C)C)cs2)ccn1. The van der Waals surface area contributed by atoms with Gasteiger partial charge >= 0.3 is 0 Å². The normalized spacial score (nSPS) is 11.2. The van der Waals surface area contributed by atoms with Crippen molar-refractivity contribution in [3.63, 3.8) is 0 Å². The van der Waals surface area contributed by atoms with E-state index in [1.807, 2.05) is 12.3 Å². The standard InChI is InChI=1S/C15H20N2S.BrH/c1-5-6-12-9-11(7-8-16-12)14-17-13(10-18-14)15(2,3)4;/h7-10H,5-6H2,1-4H3;1H. The van der Waals surface area contributed by atoms with Crippen molar-refractivity contribution in [1.29, 1.82) is 0 Å². The number of thiazole rings is 1. The fraction of sp³-hybridized carbons (Fsp3) is 0.467. The molecular formula is C15H21BrN2S. The summed E-state index contributed by atoms with van der Waals surface area (Å²) in [5, 5.41) is 3.26. The Balaban J connectivity index is 0.00000180. The molecule has 0 aliphatic heterocycles. The van der Waals surface area contributed by atoms with Crippen LogP contribution in [0, 0.1) is 0 Å². The van der Waals surface area contributed by atoms with E-state index < -0.39 is 0 Å². The summed E-state index contributed by atoms with van der Waals surface area (Å²) in [6, 6.07) is 4.21. The van der Waals surface area contributed by atoms with Crippen LogP contribution in [0.2, 0.25) is 0 Å². The zero-order valence-electron chi connectivity index (χ0n) is 11.9. The highest BCUT2D eigenvalue weighted by Crippen LogP contribution is 2.29. The number of halogens is 1. The van der Waals surface area contributed by atoms with E-state index in [1.54, 1.807) is 11.3 Å². The summed E-state index contributed by atoms with van der Waals surface area (Å²) in [4.78, 5) is 9.13. The summed E-state index contributed by atoms with van der Waals surface area (Å²) in [5.74, 6) is 0. The van der Waals surface area contributed by atoms with E-state index in [0.29, 0.717) is 0 Å². The van der Waals surface area contributed by atoms with Crippen molar-refractivity contribution in [2.45, 2.75) is 46.0 Å². The zero-order valence-corrected chi connectivity index (χ0v) is 14.5. The molecule has 19 heavy (non-hydrogen) atoms. The average molecular weight is 341 g/mol. The molecule has 2 aromatic rings. The lowest BCUT2D eigenvalue weighted by molar-refractivity contribution is 0.573. The molecule has 0 spiro atoms. The maximum Gasteiger partial charge on any atom is 0.123 e. The van der Waals surface area contributed by atoms with Crippen molar-refractivity contribution >= 4 is 28.3 Å². The zero-order chi connectivity index (χ0) is 13.2. The van der Waals surface area contributed by atoms with E-state index in [9.17, 15) is 0 Å². The van der Waals surface area contributed by atoms with Crippen LogP contribution in [-0.4, -0.2) is 9.97 Å². The number of aromatic nitrogens is 2. The molecular weight excluding hydrogens is 320 g/mol. The summed E-state index contributed by atoms with van der Waals surface area (Å²) < 4.78 is 0. The van der Waals surface area contributed by atoms with E-state index in [1.165, 1.54) is 5.56 Å². The highest BCUT2D eigenvalue weighted by Gasteiger charge is 2.17. The Labute approximate surface area is 130 Å². The highest BCUT2D eigenvalue weighted by molar-refractivity contribution is 8.93. The second-order valence-electron chi connectivity index (χ2n) is 5.57. The summed E-state index contributed by atoms with van der Waals surface area (Å²) in [7, 11) is 0. The first-order valence-corrected chi connectivity index (χ1v) is 7.30. The predicted octanol–water partition coefficient (Wildman–Crippen LogP) is 5.03. The van der Waals surface area contributed by atoms with Crippen molar-refractivity contribution < 1.29 is 0 Å². The van der Waals surface area contributed by atoms with Crippen molar-refractivity contribution in [2.24, 2.45) is 0 Å². The van der Waals surface area contributed by atoms with Crippen molar-refractivity contribution in [2.75, 3.05) is 0 Å². The second kappa shape index (κ2) is 6.62. The van der Waals surface area contributed by atoms with Crippen LogP contribution in [0.5, 0.6) is 0 Å². The van der Waals surface area contributed by atoms with Crippen molar-refractivity contribution in [3.8, 4) is 10.6 Å². The van der Waals surface area contributed by atoms with Crippen LogP contribution >= 0.6 is 28.3 Å². The molecule has 2 aromatic heterocycles. The molecule has 2 heterocycles. The number of aryl methyl sites for hydroxylation is 1. The van der Waals surface area contributed by atoms with Crippen LogP contribution in [0.1, 0.15) is 45.5 Å². The molecule has 104 valence electrons. The van der Waals surface area contributed by atoms with Crippen LogP contribution in [0.15, 0.2) is 23.7 Å². The molecule has 0 saturated carbocycles. The number of hydrogen-bond acceptors (Lipinski definition) is 3. The van der Waals surface area contributed by atoms with Gasteiger partial charge in [-0.25, -0.2) is 4.98 Å². The fourth-order valence-corrected chi connectivity index (χ4v) is 2.80. The van der Waals surface area contributed by atoms with Gasteiger partial charge in [0.1, 0.15) is 5.01 Å². The van der Waals surface area contributed by atoms with E-state index in [2.05, 4.69) is 44.1 Å². The van der Waals surface area contributed by atoms with E-state index in [4.69, 9.17) is 4.98 Å². The van der Waals surface area contributed by atoms with Crippen LogP contribution in [-0.2, 0) is 11.8 Å². The fourth-order valence-electron chi connectivity index (χ4n) is 1.75. The molecule has 0 N–H and O–H groups in total. The molecule has 2 nitrogen and oxygen atoms in total. The smallest absolute Gasteiger partial charge is 0.123 e. The molecule has 0 radical (unpaired) electrons. The molecule has 0 amide bonds. The van der Waals surface area contributed by atoms with Gasteiger partial charge in [-0.3, -0.25) is 4.98 Å². The van der Waals surface area contributed by atoms with E-state index >= 15 is 0 Å². The van der Waals surface area contributed by atoms with E-state index in [-0.39, 0.29) is 22.4 Å². The van der Waals surface area contributed by atoms with Crippen LogP contribution in [0.4, 0.5) is 0 Å². The third kappa shape index (κ3) is 4.11. The molecule has 0 bridgehead atoms. The lowest BCUT2D eigenvalue weighted by Gasteiger charge is -2.14. The first-order chi connectivity index (χ1) is 8.50. The molecule has 0 aliphatic carbocycles. The first kappa shape index (κ1) is 16.3. The Morgan fingerprint density at radius 3 is 2.58 bits per heavy atom. The maximum absolute atomic E-state index is 4.74. The number of hydrogen-bond donors (Lipinski definition) is 0. The molecule has 0 saturated heterocycles. The molecule has 0 fully saturated rings. The summed E-state index contributed by atoms with van der Waals surface area (Å²) in [6.45, 7) is 8.76. The van der Waals surface area contributed by atoms with Gasteiger partial charge in [-0.15, -0.1) is 28.3 Å². The van der Waals surface area contributed by atoms with Gasteiger partial charge in [0.2, 0.25) is 0 Å². The second-order valence-corrected chi connectivity index (χ2v) is 6.43. The number of rotatable bonds is 3. The molecule has 2 rings (SSSR count). The summed E-state index contributed by atoms with van der Waals surface area (Å²) >= 11 is 1.72. The van der Waals surface area contributed by atoms with Crippen LogP contribution in [0.3, 0.4) is 0 Å². The lowest BCUT2D eigenvalue weighted by atomic mass is 9.93. The van der Waals surface area contributed by atoms with Gasteiger partial charge in [0, 0.05) is 28.2 Å². The van der Waals surface area contributed by atoms with Gasteiger partial charge in [0.15, 0.2) is 0 Å². The van der Waals surface area contributed by atoms with E-state index in [0.717, 1.165) is 29.2 Å². The molecule has 0 aromatic carbocycles. The monoisotopic (exact) mass is 340 g/mol. The highest BCUT2D eigenvalue weighted by atomic mass is 79.9. The Bertz CT molecular complexity index is 529. The molecule has 0 unspecified atom stereocenters. The first-order valence-electron chi connectivity index (χ1n) is 6.42. The quantitative estimate of drug-likeness (QED) is 0.782. The lowest BCUT2D eigenvalue weighted by Crippen LogP contribution is -2.11. The summed E-state index contributed by atoms with van der Waals surface area (Å²) in [5.41, 5.74) is 3.63. The Kier molecular flexibility index (Phi) is 5.68. The predicted molar refractivity (Wildman–Crippen MR) is 88.4 cm³/mol. The molecule has 4 heteroatoms. The Morgan fingerprint density at radius 2 is 2.00 bits per heavy atom. The Morgan fingerprint density at radius 1 is 1.26 bits per heavy atom. The minimum Gasteiger partial charge on any atom is -0.261 e. The van der Waals surface area contributed by atoms with Crippen molar-refractivity contribution in [3.05, 3.63) is 35.1 Å². The minimum absolute atomic E-state index is 0. The van der Waals surface area contributed by atoms with Crippen molar-refractivity contribution in [1.82, 2.24) is 9.97 Å². The number of nitrogens with zero attached hydrogens (tertiary/aromatic N) is 2. The van der Waals surface area contributed by atoms with Gasteiger partial charge in [0.25, 0.3) is 0 Å². The van der Waals surface area contributed by atoms with Gasteiger partial charge in [-0.1, -0.05) is 34.1 Å². The largest absolute Gasteiger partial charge is 0.261 e. The van der Waals surface area contributed by atoms with Crippen LogP contribution < -0.4 is 0 Å². The van der Waals surface area contributed by atoms with Gasteiger partial charge in [-0.2, -0.15) is 0 Å². The Hall–Kier alpha value is -0.740. The molecule has 0 aliphatic rings. The third-order valence-electron chi connectivity index (χ3n) is 2.84. The van der Waals surface area contributed by atoms with Gasteiger partial charge in [0.05, 0.1) is 5.69 Å². The minimum atomic E-state index is 0. The van der Waals surface area contributed by atoms with Crippen LogP contribution in [0.25, 0.3) is 10.6 Å². The maximum atomic E-state index is 4.74. The summed E-state index contributed by atoms with van der Waals surface area (Å²) in [6.07, 6.45) is 4.05. The topological polar surface area (TPSA) is 25.8 Å². The number of pyridine rings is 1.